The maximum Gasteiger partial charge on any atom is 0.224 e. The Labute approximate surface area is 318 Å². The van der Waals surface area contributed by atoms with Gasteiger partial charge in [-0.1, -0.05) is 103 Å². The number of carbonyl (C=O) groups excluding carboxylic acids is 2. The van der Waals surface area contributed by atoms with Crippen molar-refractivity contribution in [1.82, 2.24) is 10.2 Å². The number of nitrogens with one attached hydrogen (secondary N) is 2. The van der Waals surface area contributed by atoms with Crippen LogP contribution in [0.25, 0.3) is 11.1 Å². The highest BCUT2D eigenvalue weighted by molar-refractivity contribution is 5.94. The number of hydrogen-bond donors (Lipinski definition) is 4. The molecule has 280 valence electrons. The second-order valence-corrected chi connectivity index (χ2v) is 14.0. The summed E-state index contributed by atoms with van der Waals surface area (Å²) in [6.45, 7) is 3.31. The average molecular weight is 727 g/mol. The lowest BCUT2D eigenvalue weighted by Gasteiger charge is -2.39. The van der Waals surface area contributed by atoms with Gasteiger partial charge in [0, 0.05) is 44.0 Å². The summed E-state index contributed by atoms with van der Waals surface area (Å²) in [5, 5.41) is 15.4. The van der Waals surface area contributed by atoms with Crippen LogP contribution in [0.5, 0.6) is 0 Å². The molecule has 0 unspecified atom stereocenters. The van der Waals surface area contributed by atoms with Gasteiger partial charge in [-0.15, -0.1) is 0 Å². The molecule has 2 amide bonds. The van der Waals surface area contributed by atoms with E-state index in [-0.39, 0.29) is 49.5 Å². The number of anilines is 2. The van der Waals surface area contributed by atoms with Crippen molar-refractivity contribution in [3.8, 4) is 11.1 Å². The second kappa shape index (κ2) is 18.6. The van der Waals surface area contributed by atoms with Crippen LogP contribution < -0.4 is 16.4 Å². The lowest BCUT2D eigenvalue weighted by atomic mass is 9.98. The van der Waals surface area contributed by atoms with Gasteiger partial charge in [-0.05, 0) is 78.0 Å². The number of aliphatic hydroxyl groups excluding tert-OH is 1. The first-order valence-corrected chi connectivity index (χ1v) is 18.6. The summed E-state index contributed by atoms with van der Waals surface area (Å²) in [6, 6.07) is 42.1. The first-order chi connectivity index (χ1) is 26.2. The lowest BCUT2D eigenvalue weighted by Crippen LogP contribution is -2.38. The van der Waals surface area contributed by atoms with Gasteiger partial charge in [0.1, 0.15) is 0 Å². The number of aliphatic hydroxyl groups is 1. The maximum absolute atomic E-state index is 12.6. The molecule has 6 rings (SSSR count). The van der Waals surface area contributed by atoms with E-state index in [1.807, 2.05) is 66.7 Å². The summed E-state index contributed by atoms with van der Waals surface area (Å²) in [6.07, 6.45) is 0.745. The highest BCUT2D eigenvalue weighted by atomic mass is 16.7. The summed E-state index contributed by atoms with van der Waals surface area (Å²) >= 11 is 0. The molecule has 9 nitrogen and oxygen atoms in total. The number of para-hydroxylation sites is 2. The highest BCUT2D eigenvalue weighted by Crippen LogP contribution is 2.39. The van der Waals surface area contributed by atoms with Gasteiger partial charge in [-0.25, -0.2) is 0 Å². The van der Waals surface area contributed by atoms with Gasteiger partial charge < -0.3 is 30.9 Å². The van der Waals surface area contributed by atoms with Crippen LogP contribution in [0.1, 0.15) is 78.9 Å². The van der Waals surface area contributed by atoms with Gasteiger partial charge in [-0.3, -0.25) is 14.5 Å². The third-order valence-electron chi connectivity index (χ3n) is 10.0. The lowest BCUT2D eigenvalue weighted by molar-refractivity contribution is -0.253. The van der Waals surface area contributed by atoms with Crippen LogP contribution in [0, 0.1) is 0 Å². The van der Waals surface area contributed by atoms with Gasteiger partial charge in [0.25, 0.3) is 0 Å². The zero-order valence-corrected chi connectivity index (χ0v) is 31.0. The summed E-state index contributed by atoms with van der Waals surface area (Å²) in [5.74, 6) is -0.285. The maximum atomic E-state index is 12.6. The van der Waals surface area contributed by atoms with Crippen molar-refractivity contribution in [1.29, 1.82) is 0 Å². The largest absolute Gasteiger partial charge is 0.397 e. The first-order valence-electron chi connectivity index (χ1n) is 18.6. The van der Waals surface area contributed by atoms with E-state index in [1.165, 1.54) is 5.56 Å². The molecule has 0 spiro atoms. The van der Waals surface area contributed by atoms with Gasteiger partial charge in [-0.2, -0.15) is 0 Å². The van der Waals surface area contributed by atoms with Crippen LogP contribution in [-0.4, -0.2) is 41.5 Å². The molecule has 0 radical (unpaired) electrons. The molecule has 5 N–H and O–H groups in total. The van der Waals surface area contributed by atoms with Crippen LogP contribution in [0.2, 0.25) is 0 Å². The minimum absolute atomic E-state index is 0.00506. The van der Waals surface area contributed by atoms with Crippen LogP contribution in [-0.2, 0) is 32.2 Å². The fourth-order valence-corrected chi connectivity index (χ4v) is 6.75. The predicted molar refractivity (Wildman–Crippen MR) is 213 cm³/mol. The monoisotopic (exact) mass is 726 g/mol. The molecule has 0 aromatic heterocycles. The molecule has 1 saturated heterocycles. The predicted octanol–water partition coefficient (Wildman–Crippen LogP) is 8.09. The van der Waals surface area contributed by atoms with Crippen molar-refractivity contribution >= 4 is 23.2 Å². The smallest absolute Gasteiger partial charge is 0.224 e. The topological polar surface area (TPSA) is 126 Å². The number of ether oxygens (including phenoxy) is 2. The van der Waals surface area contributed by atoms with E-state index < -0.39 is 6.29 Å². The van der Waals surface area contributed by atoms with Gasteiger partial charge >= 0.3 is 0 Å². The molecule has 0 bridgehead atoms. The van der Waals surface area contributed by atoms with E-state index in [4.69, 9.17) is 15.2 Å². The van der Waals surface area contributed by atoms with Crippen LogP contribution in [0.15, 0.2) is 127 Å². The number of nitrogen functional groups attached to an aromatic ring is 1. The molecule has 54 heavy (non-hydrogen) atoms. The quantitative estimate of drug-likeness (QED) is 0.0804. The average Bonchev–Trinajstić information content (AvgIpc) is 3.21. The van der Waals surface area contributed by atoms with Crippen molar-refractivity contribution in [2.24, 2.45) is 0 Å². The molecule has 5 aromatic carbocycles. The minimum atomic E-state index is -0.582. The number of likely N-dealkylation sites (N-methyl/N-ethyl adjacent to an activating group) is 1. The van der Waals surface area contributed by atoms with Crippen molar-refractivity contribution < 1.29 is 24.2 Å². The third-order valence-corrected chi connectivity index (χ3v) is 10.0. The molecule has 1 fully saturated rings. The van der Waals surface area contributed by atoms with Crippen molar-refractivity contribution in [3.63, 3.8) is 0 Å². The molecule has 1 heterocycles. The Hall–Kier alpha value is -5.32. The Balaban J connectivity index is 1.09. The molecule has 9 heteroatoms. The Morgan fingerprint density at radius 2 is 1.50 bits per heavy atom. The highest BCUT2D eigenvalue weighted by Gasteiger charge is 2.33. The van der Waals surface area contributed by atoms with E-state index in [2.05, 4.69) is 78.0 Å². The number of carbonyl (C=O) groups is 2. The summed E-state index contributed by atoms with van der Waals surface area (Å²) in [5.41, 5.74) is 14.1. The Bertz CT molecular complexity index is 1990. The fraction of sp³-hybridized carbons (Fsp3) is 0.289. The minimum Gasteiger partial charge on any atom is -0.397 e. The van der Waals surface area contributed by atoms with E-state index in [1.54, 1.807) is 12.1 Å². The normalized spacial score (nSPS) is 17.5. The van der Waals surface area contributed by atoms with Gasteiger partial charge in [0.05, 0.1) is 30.2 Å². The molecule has 0 aliphatic carbocycles. The first kappa shape index (κ1) is 38.4. The van der Waals surface area contributed by atoms with Crippen molar-refractivity contribution in [3.05, 3.63) is 155 Å². The van der Waals surface area contributed by atoms with E-state index in [9.17, 15) is 14.7 Å². The van der Waals surface area contributed by atoms with Crippen molar-refractivity contribution in [2.45, 2.75) is 70.3 Å². The number of hydrogen-bond acceptors (Lipinski definition) is 7. The number of nitrogens with zero attached hydrogens (tertiary/aromatic N) is 1. The summed E-state index contributed by atoms with van der Waals surface area (Å²) < 4.78 is 13.4. The van der Waals surface area contributed by atoms with Crippen LogP contribution >= 0.6 is 0 Å². The standard InChI is InChI=1S/C45H50N4O5/c1-31(34-12-4-3-5-13-34)49(2)29-39-27-42(35-23-21-32(30-50)22-24-35)54-45(53-39)38-16-9-15-37(26-38)36-14-8-11-33(25-36)28-47-43(51)19-10-20-44(52)48-41-18-7-6-17-40(41)46/h3-9,11-18,21-26,31,39,42,45,50H,10,19-20,27-30,46H2,1-2H3,(H,47,51)(H,48,52)/t31-,39+,42-,45-/m0/s1. The molecule has 4 atom stereocenters. The number of rotatable bonds is 15. The summed E-state index contributed by atoms with van der Waals surface area (Å²) in [7, 11) is 2.13. The second-order valence-electron chi connectivity index (χ2n) is 14.0. The summed E-state index contributed by atoms with van der Waals surface area (Å²) in [4.78, 5) is 27.3. The van der Waals surface area contributed by atoms with Gasteiger partial charge in [0.15, 0.2) is 6.29 Å². The number of nitrogens with two attached hydrogens (primary N) is 1. The third kappa shape index (κ3) is 10.4. The molecule has 1 aliphatic rings. The number of benzene rings is 5. The van der Waals surface area contributed by atoms with Crippen LogP contribution in [0.3, 0.4) is 0 Å². The zero-order valence-electron chi connectivity index (χ0n) is 31.0. The molecule has 0 saturated carbocycles. The van der Waals surface area contributed by atoms with Gasteiger partial charge in [0.2, 0.25) is 11.8 Å². The van der Waals surface area contributed by atoms with Crippen molar-refractivity contribution in [2.75, 3.05) is 24.6 Å². The SMILES string of the molecule is C[C@@H](c1ccccc1)N(C)C[C@H]1C[C@@H](c2ccc(CO)cc2)O[C@@H](c2cccc(-c3cccc(CNC(=O)CCCC(=O)Nc4ccccc4N)c3)c2)O1. The number of amides is 2. The Morgan fingerprint density at radius 1 is 0.796 bits per heavy atom. The Kier molecular flexibility index (Phi) is 13.2. The van der Waals surface area contributed by atoms with Crippen LogP contribution in [0.4, 0.5) is 11.4 Å². The zero-order chi connectivity index (χ0) is 37.9. The molecular formula is C45H50N4O5. The molecule has 1 aliphatic heterocycles. The molecular weight excluding hydrogens is 677 g/mol. The molecule has 5 aromatic rings. The van der Waals surface area contributed by atoms with E-state index >= 15 is 0 Å². The van der Waals surface area contributed by atoms with E-state index in [0.29, 0.717) is 30.8 Å². The Morgan fingerprint density at radius 3 is 2.26 bits per heavy atom. The van der Waals surface area contributed by atoms with E-state index in [0.717, 1.165) is 39.9 Å². The fourth-order valence-electron chi connectivity index (χ4n) is 6.75.